The van der Waals surface area contributed by atoms with Crippen LogP contribution in [0.5, 0.6) is 0 Å². The second kappa shape index (κ2) is 14.0. The molecule has 1 rings (SSSR count). The first kappa shape index (κ1) is 29.5. The van der Waals surface area contributed by atoms with Crippen molar-refractivity contribution < 1.29 is 34.2 Å². The molecule has 0 saturated heterocycles. The van der Waals surface area contributed by atoms with Crippen LogP contribution in [0.15, 0.2) is 30.3 Å². The van der Waals surface area contributed by atoms with Gasteiger partial charge in [0.25, 0.3) is 0 Å². The number of nitrogens with one attached hydrogen (secondary N) is 3. The predicted molar refractivity (Wildman–Crippen MR) is 126 cm³/mol. The molecule has 0 spiro atoms. The minimum absolute atomic E-state index is 0.0211. The molecule has 0 aromatic heterocycles. The SMILES string of the molecule is CC(C)C(N)C(=O)NC(CCC(N)=O)C(=O)NC(C(=O)NC(Cc1ccccc1)C(=O)O)C(C)O. The van der Waals surface area contributed by atoms with Gasteiger partial charge in [0.05, 0.1) is 12.1 Å². The Bertz CT molecular complexity index is 892. The predicted octanol–water partition coefficient (Wildman–Crippen LogP) is -1.60. The Kier molecular flexibility index (Phi) is 11.8. The second-order valence-electron chi connectivity index (χ2n) is 8.65. The van der Waals surface area contributed by atoms with E-state index in [1.165, 1.54) is 6.92 Å². The molecule has 12 heteroatoms. The zero-order chi connectivity index (χ0) is 26.7. The molecule has 0 radical (unpaired) electrons. The van der Waals surface area contributed by atoms with E-state index in [9.17, 15) is 34.2 Å². The molecule has 0 bridgehead atoms. The zero-order valence-corrected chi connectivity index (χ0v) is 20.1. The Morgan fingerprint density at radius 2 is 1.46 bits per heavy atom. The summed E-state index contributed by atoms with van der Waals surface area (Å²) in [4.78, 5) is 61.0. The summed E-state index contributed by atoms with van der Waals surface area (Å²) in [6, 6.07) is 3.55. The molecule has 0 fully saturated rings. The van der Waals surface area contributed by atoms with Gasteiger partial charge in [0.2, 0.25) is 23.6 Å². The summed E-state index contributed by atoms with van der Waals surface area (Å²) in [7, 11) is 0. The van der Waals surface area contributed by atoms with Crippen LogP contribution in [-0.4, -0.2) is 70.1 Å². The third-order valence-electron chi connectivity index (χ3n) is 5.29. The quantitative estimate of drug-likeness (QED) is 0.160. The second-order valence-corrected chi connectivity index (χ2v) is 8.65. The number of aliphatic hydroxyl groups is 1. The topological polar surface area (TPSA) is 214 Å². The van der Waals surface area contributed by atoms with Crippen molar-refractivity contribution in [3.8, 4) is 0 Å². The molecule has 5 unspecified atom stereocenters. The van der Waals surface area contributed by atoms with Gasteiger partial charge in [-0.1, -0.05) is 44.2 Å². The van der Waals surface area contributed by atoms with Gasteiger partial charge in [-0.2, -0.15) is 0 Å². The van der Waals surface area contributed by atoms with Gasteiger partial charge in [-0.05, 0) is 24.8 Å². The summed E-state index contributed by atoms with van der Waals surface area (Å²) in [6.45, 7) is 4.67. The molecular weight excluding hydrogens is 458 g/mol. The lowest BCUT2D eigenvalue weighted by Gasteiger charge is -2.27. The van der Waals surface area contributed by atoms with E-state index in [1.54, 1.807) is 44.2 Å². The van der Waals surface area contributed by atoms with Gasteiger partial charge < -0.3 is 37.6 Å². The lowest BCUT2D eigenvalue weighted by atomic mass is 10.0. The maximum Gasteiger partial charge on any atom is 0.326 e. The Balaban J connectivity index is 2.99. The largest absolute Gasteiger partial charge is 0.480 e. The van der Waals surface area contributed by atoms with Gasteiger partial charge in [0.15, 0.2) is 0 Å². The highest BCUT2D eigenvalue weighted by molar-refractivity contribution is 5.94. The Morgan fingerprint density at radius 1 is 0.886 bits per heavy atom. The van der Waals surface area contributed by atoms with Crippen LogP contribution >= 0.6 is 0 Å². The number of carboxylic acid groups (broad SMARTS) is 1. The average molecular weight is 494 g/mol. The third-order valence-corrected chi connectivity index (χ3v) is 5.29. The van der Waals surface area contributed by atoms with Crippen molar-refractivity contribution in [2.45, 2.75) is 70.3 Å². The summed E-state index contributed by atoms with van der Waals surface area (Å²) in [6.07, 6.45) is -1.83. The first-order chi connectivity index (χ1) is 16.3. The zero-order valence-electron chi connectivity index (χ0n) is 20.1. The lowest BCUT2D eigenvalue weighted by Crippen LogP contribution is -2.60. The summed E-state index contributed by atoms with van der Waals surface area (Å²) >= 11 is 0. The minimum Gasteiger partial charge on any atom is -0.480 e. The number of hydrogen-bond donors (Lipinski definition) is 7. The van der Waals surface area contributed by atoms with Gasteiger partial charge in [-0.3, -0.25) is 19.2 Å². The highest BCUT2D eigenvalue weighted by atomic mass is 16.4. The maximum absolute atomic E-state index is 12.9. The first-order valence-corrected chi connectivity index (χ1v) is 11.2. The molecule has 0 saturated carbocycles. The molecule has 0 aliphatic rings. The molecular formula is C23H35N5O7. The minimum atomic E-state index is -1.54. The van der Waals surface area contributed by atoms with Gasteiger partial charge in [0.1, 0.15) is 18.1 Å². The standard InChI is InChI=1S/C23H35N5O7/c1-12(2)18(25)21(32)26-15(9-10-17(24)30)20(31)28-19(13(3)29)22(33)27-16(23(34)35)11-14-7-5-4-6-8-14/h4-8,12-13,15-16,18-19,29H,9-11,25H2,1-3H3,(H2,24,30)(H,26,32)(H,27,33)(H,28,31)(H,34,35). The summed E-state index contributed by atoms with van der Waals surface area (Å²) in [5.41, 5.74) is 11.6. The van der Waals surface area contributed by atoms with E-state index < -0.39 is 59.9 Å². The first-order valence-electron chi connectivity index (χ1n) is 11.2. The van der Waals surface area contributed by atoms with Crippen molar-refractivity contribution in [3.05, 3.63) is 35.9 Å². The van der Waals surface area contributed by atoms with E-state index in [4.69, 9.17) is 11.5 Å². The molecule has 194 valence electrons. The van der Waals surface area contributed by atoms with E-state index in [1.807, 2.05) is 0 Å². The van der Waals surface area contributed by atoms with Crippen LogP contribution in [0.25, 0.3) is 0 Å². The summed E-state index contributed by atoms with van der Waals surface area (Å²) in [5, 5.41) is 26.7. The maximum atomic E-state index is 12.9. The highest BCUT2D eigenvalue weighted by Crippen LogP contribution is 2.07. The molecule has 1 aromatic carbocycles. The number of aliphatic hydroxyl groups excluding tert-OH is 1. The number of rotatable bonds is 14. The molecule has 35 heavy (non-hydrogen) atoms. The number of carboxylic acids is 1. The molecule has 0 aliphatic heterocycles. The van der Waals surface area contributed by atoms with Gasteiger partial charge >= 0.3 is 5.97 Å². The average Bonchev–Trinajstić information content (AvgIpc) is 2.78. The van der Waals surface area contributed by atoms with Crippen LogP contribution in [0.3, 0.4) is 0 Å². The fourth-order valence-electron chi connectivity index (χ4n) is 3.10. The van der Waals surface area contributed by atoms with Crippen molar-refractivity contribution >= 4 is 29.6 Å². The van der Waals surface area contributed by atoms with E-state index in [2.05, 4.69) is 16.0 Å². The molecule has 4 amide bonds. The monoisotopic (exact) mass is 493 g/mol. The Labute approximate surface area is 203 Å². The molecule has 9 N–H and O–H groups in total. The fraction of sp³-hybridized carbons (Fsp3) is 0.522. The van der Waals surface area contributed by atoms with Crippen molar-refractivity contribution in [1.82, 2.24) is 16.0 Å². The number of carbonyl (C=O) groups excluding carboxylic acids is 4. The van der Waals surface area contributed by atoms with E-state index >= 15 is 0 Å². The van der Waals surface area contributed by atoms with Crippen LogP contribution in [0.2, 0.25) is 0 Å². The summed E-state index contributed by atoms with van der Waals surface area (Å²) < 4.78 is 0. The number of hydrogen-bond acceptors (Lipinski definition) is 7. The van der Waals surface area contributed by atoms with Gasteiger partial charge in [0, 0.05) is 12.8 Å². The number of aliphatic carboxylic acids is 1. The number of carbonyl (C=O) groups is 5. The van der Waals surface area contributed by atoms with Gasteiger partial charge in [-0.25, -0.2) is 4.79 Å². The van der Waals surface area contributed by atoms with Crippen molar-refractivity contribution in [2.24, 2.45) is 17.4 Å². The molecule has 1 aromatic rings. The third kappa shape index (κ3) is 10.1. The van der Waals surface area contributed by atoms with E-state index in [0.717, 1.165) is 0 Å². The van der Waals surface area contributed by atoms with E-state index in [0.29, 0.717) is 5.56 Å². The Morgan fingerprint density at radius 3 is 1.94 bits per heavy atom. The fourth-order valence-corrected chi connectivity index (χ4v) is 3.10. The molecule has 0 aliphatic carbocycles. The van der Waals surface area contributed by atoms with Crippen LogP contribution < -0.4 is 27.4 Å². The van der Waals surface area contributed by atoms with E-state index in [-0.39, 0.29) is 25.2 Å². The normalized spacial score (nSPS) is 15.3. The molecule has 12 nitrogen and oxygen atoms in total. The van der Waals surface area contributed by atoms with Crippen molar-refractivity contribution in [3.63, 3.8) is 0 Å². The van der Waals surface area contributed by atoms with Gasteiger partial charge in [-0.15, -0.1) is 0 Å². The van der Waals surface area contributed by atoms with Crippen molar-refractivity contribution in [1.29, 1.82) is 0 Å². The number of primary amides is 1. The number of nitrogens with two attached hydrogens (primary N) is 2. The van der Waals surface area contributed by atoms with Crippen LogP contribution in [0.4, 0.5) is 0 Å². The van der Waals surface area contributed by atoms with Crippen LogP contribution in [0.1, 0.15) is 39.2 Å². The van der Waals surface area contributed by atoms with Crippen LogP contribution in [0, 0.1) is 5.92 Å². The highest BCUT2D eigenvalue weighted by Gasteiger charge is 2.33. The lowest BCUT2D eigenvalue weighted by molar-refractivity contribution is -0.143. The Hall–Kier alpha value is -3.51. The van der Waals surface area contributed by atoms with Crippen LogP contribution in [-0.2, 0) is 30.4 Å². The number of benzene rings is 1. The summed E-state index contributed by atoms with van der Waals surface area (Å²) in [5.74, 6) is -4.69. The molecule has 5 atom stereocenters. The smallest absolute Gasteiger partial charge is 0.326 e. The van der Waals surface area contributed by atoms with Crippen molar-refractivity contribution in [2.75, 3.05) is 0 Å². The molecule has 0 heterocycles. The number of amides is 4.